The Balaban J connectivity index is 1.99. The minimum absolute atomic E-state index is 0.0756. The van der Waals surface area contributed by atoms with E-state index in [0.717, 1.165) is 16.9 Å². The lowest BCUT2D eigenvalue weighted by Crippen LogP contribution is -2.16. The number of benzene rings is 1. The number of nitrogens with two attached hydrogens (primary N) is 1. The maximum Gasteiger partial charge on any atom is 0.225 e. The van der Waals surface area contributed by atoms with Crippen LogP contribution in [-0.2, 0) is 21.3 Å². The van der Waals surface area contributed by atoms with Gasteiger partial charge in [0, 0.05) is 34.2 Å². The van der Waals surface area contributed by atoms with Gasteiger partial charge in [0.15, 0.2) is 9.84 Å². The Bertz CT molecular complexity index is 1150. The molecule has 3 aromatic rings. The average Bonchev–Trinajstić information content (AvgIpc) is 2.83. The van der Waals surface area contributed by atoms with E-state index < -0.39 is 9.84 Å². The smallest absolute Gasteiger partial charge is 0.225 e. The maximum absolute atomic E-state index is 12.9. The van der Waals surface area contributed by atoms with Gasteiger partial charge in [-0.3, -0.25) is 0 Å². The summed E-state index contributed by atoms with van der Waals surface area (Å²) in [5.41, 5.74) is 10.7. The second-order valence-electron chi connectivity index (χ2n) is 7.40. The number of nitrogen functional groups attached to an aromatic ring is 1. The van der Waals surface area contributed by atoms with E-state index in [2.05, 4.69) is 15.3 Å². The Morgan fingerprint density at radius 1 is 1.14 bits per heavy atom. The minimum atomic E-state index is -3.42. The van der Waals surface area contributed by atoms with E-state index in [4.69, 9.17) is 5.73 Å². The summed E-state index contributed by atoms with van der Waals surface area (Å²) in [5, 5.41) is 3.11. The van der Waals surface area contributed by atoms with Gasteiger partial charge in [0.25, 0.3) is 0 Å². The molecule has 1 aliphatic rings. The fourth-order valence-electron chi connectivity index (χ4n) is 3.70. The molecule has 3 heterocycles. The van der Waals surface area contributed by atoms with Gasteiger partial charge in [-0.2, -0.15) is 4.98 Å². The molecule has 0 atom stereocenters. The molecule has 0 saturated carbocycles. The number of para-hydroxylation sites is 1. The third-order valence-electron chi connectivity index (χ3n) is 4.71. The standard InChI is InChI=1S/C20H23N5O2S/c1-12(2)22-20-23-16-10-28(26,27)11-17-15(18(16)19(21)24-20)9-13(3)25(17)14-7-5-4-6-8-14/h4-9,12H,10-11H2,1-3H3,(H3,21,22,23,24). The van der Waals surface area contributed by atoms with Gasteiger partial charge in [0.05, 0.1) is 17.2 Å². The van der Waals surface area contributed by atoms with E-state index in [0.29, 0.717) is 22.9 Å². The summed E-state index contributed by atoms with van der Waals surface area (Å²) in [6, 6.07) is 11.8. The molecule has 1 aliphatic heterocycles. The monoisotopic (exact) mass is 397 g/mol. The van der Waals surface area contributed by atoms with Crippen LogP contribution in [0.5, 0.6) is 0 Å². The Morgan fingerprint density at radius 3 is 2.54 bits per heavy atom. The first-order valence-corrected chi connectivity index (χ1v) is 11.0. The number of nitrogens with one attached hydrogen (secondary N) is 1. The normalized spacial score (nSPS) is 15.0. The summed E-state index contributed by atoms with van der Waals surface area (Å²) >= 11 is 0. The molecule has 3 N–H and O–H groups in total. The van der Waals surface area contributed by atoms with Crippen molar-refractivity contribution >= 4 is 21.6 Å². The molecule has 2 aromatic heterocycles. The molecule has 0 bridgehead atoms. The van der Waals surface area contributed by atoms with Crippen LogP contribution in [0, 0.1) is 6.92 Å². The lowest BCUT2D eigenvalue weighted by molar-refractivity contribution is 0.593. The number of sulfone groups is 1. The number of aromatic nitrogens is 3. The third-order valence-corrected chi connectivity index (χ3v) is 6.14. The first-order valence-electron chi connectivity index (χ1n) is 9.15. The molecule has 7 nitrogen and oxygen atoms in total. The maximum atomic E-state index is 12.9. The second kappa shape index (κ2) is 6.63. The van der Waals surface area contributed by atoms with Crippen LogP contribution >= 0.6 is 0 Å². The van der Waals surface area contributed by atoms with Crippen LogP contribution in [0.1, 0.15) is 30.9 Å². The number of hydrogen-bond acceptors (Lipinski definition) is 6. The van der Waals surface area contributed by atoms with E-state index in [1.807, 2.05) is 61.7 Å². The lowest BCUT2D eigenvalue weighted by atomic mass is 10.1. The van der Waals surface area contributed by atoms with Gasteiger partial charge in [-0.25, -0.2) is 13.4 Å². The average molecular weight is 398 g/mol. The molecule has 146 valence electrons. The minimum Gasteiger partial charge on any atom is -0.383 e. The Kier molecular flexibility index (Phi) is 4.38. The van der Waals surface area contributed by atoms with E-state index >= 15 is 0 Å². The van der Waals surface area contributed by atoms with Gasteiger partial charge in [-0.1, -0.05) is 18.2 Å². The number of nitrogens with zero attached hydrogens (tertiary/aromatic N) is 3. The van der Waals surface area contributed by atoms with Gasteiger partial charge in [0.2, 0.25) is 5.95 Å². The Morgan fingerprint density at radius 2 is 1.86 bits per heavy atom. The van der Waals surface area contributed by atoms with E-state index in [1.165, 1.54) is 0 Å². The molecule has 28 heavy (non-hydrogen) atoms. The number of hydrogen-bond donors (Lipinski definition) is 2. The number of fused-ring (bicyclic) bond motifs is 3. The summed E-state index contributed by atoms with van der Waals surface area (Å²) < 4.78 is 27.8. The zero-order chi connectivity index (χ0) is 20.1. The second-order valence-corrected chi connectivity index (χ2v) is 9.47. The highest BCUT2D eigenvalue weighted by Crippen LogP contribution is 2.39. The largest absolute Gasteiger partial charge is 0.383 e. The van der Waals surface area contributed by atoms with E-state index in [1.54, 1.807) is 0 Å². The van der Waals surface area contributed by atoms with Gasteiger partial charge >= 0.3 is 0 Å². The molecule has 0 aliphatic carbocycles. The van der Waals surface area contributed by atoms with Gasteiger partial charge in [0.1, 0.15) is 5.82 Å². The highest BCUT2D eigenvalue weighted by molar-refractivity contribution is 7.89. The number of rotatable bonds is 3. The van der Waals surface area contributed by atoms with Gasteiger partial charge < -0.3 is 15.6 Å². The van der Waals surface area contributed by atoms with E-state index in [-0.39, 0.29) is 23.4 Å². The summed E-state index contributed by atoms with van der Waals surface area (Å²) in [7, 11) is -3.42. The van der Waals surface area contributed by atoms with Crippen LogP contribution in [0.2, 0.25) is 0 Å². The molecule has 0 saturated heterocycles. The molecule has 4 rings (SSSR count). The van der Waals surface area contributed by atoms with Crippen LogP contribution in [0.4, 0.5) is 11.8 Å². The van der Waals surface area contributed by atoms with Crippen molar-refractivity contribution in [3.63, 3.8) is 0 Å². The quantitative estimate of drug-likeness (QED) is 0.704. The number of anilines is 2. The van der Waals surface area contributed by atoms with Crippen LogP contribution in [-0.4, -0.2) is 29.0 Å². The molecule has 0 spiro atoms. The van der Waals surface area contributed by atoms with Crippen LogP contribution in [0.15, 0.2) is 36.4 Å². The summed E-state index contributed by atoms with van der Waals surface area (Å²) in [6.07, 6.45) is 0. The highest BCUT2D eigenvalue weighted by atomic mass is 32.2. The highest BCUT2D eigenvalue weighted by Gasteiger charge is 2.31. The SMILES string of the molecule is Cc1cc2c(n1-c1ccccc1)CS(=O)(=O)Cc1nc(NC(C)C)nc(N)c1-2. The zero-order valence-corrected chi connectivity index (χ0v) is 16.9. The predicted octanol–water partition coefficient (Wildman–Crippen LogP) is 3.07. The van der Waals surface area contributed by atoms with Crippen LogP contribution in [0.25, 0.3) is 16.8 Å². The predicted molar refractivity (Wildman–Crippen MR) is 111 cm³/mol. The van der Waals surface area contributed by atoms with Crippen molar-refractivity contribution in [3.05, 3.63) is 53.5 Å². The summed E-state index contributed by atoms with van der Waals surface area (Å²) in [6.45, 7) is 5.88. The molecule has 0 unspecified atom stereocenters. The van der Waals surface area contributed by atoms with Gasteiger partial charge in [-0.15, -0.1) is 0 Å². The van der Waals surface area contributed by atoms with Gasteiger partial charge in [-0.05, 0) is 39.0 Å². The Labute approximate surface area is 164 Å². The molecule has 8 heteroatoms. The first kappa shape index (κ1) is 18.5. The summed E-state index contributed by atoms with van der Waals surface area (Å²) in [5.74, 6) is 0.402. The van der Waals surface area contributed by atoms with Crippen molar-refractivity contribution in [2.75, 3.05) is 11.1 Å². The molecular formula is C20H23N5O2S. The Hall–Kier alpha value is -2.87. The summed E-state index contributed by atoms with van der Waals surface area (Å²) in [4.78, 5) is 8.87. The van der Waals surface area contributed by atoms with Crippen molar-refractivity contribution in [3.8, 4) is 16.8 Å². The fraction of sp³-hybridized carbons (Fsp3) is 0.300. The topological polar surface area (TPSA) is 103 Å². The fourth-order valence-corrected chi connectivity index (χ4v) is 5.13. The first-order chi connectivity index (χ1) is 13.2. The molecule has 1 aromatic carbocycles. The third kappa shape index (κ3) is 3.24. The van der Waals surface area contributed by atoms with E-state index in [9.17, 15) is 8.42 Å². The van der Waals surface area contributed by atoms with Crippen LogP contribution in [0.3, 0.4) is 0 Å². The van der Waals surface area contributed by atoms with Crippen LogP contribution < -0.4 is 11.1 Å². The zero-order valence-electron chi connectivity index (χ0n) is 16.1. The molecule has 0 radical (unpaired) electrons. The van der Waals surface area contributed by atoms with Crippen molar-refractivity contribution in [2.45, 2.75) is 38.3 Å². The number of aryl methyl sites for hydroxylation is 1. The van der Waals surface area contributed by atoms with Crippen molar-refractivity contribution in [2.24, 2.45) is 0 Å². The van der Waals surface area contributed by atoms with Crippen molar-refractivity contribution < 1.29 is 8.42 Å². The molecule has 0 fully saturated rings. The lowest BCUT2D eigenvalue weighted by Gasteiger charge is -2.13. The molecule has 0 amide bonds. The van der Waals surface area contributed by atoms with Crippen molar-refractivity contribution in [1.29, 1.82) is 0 Å². The van der Waals surface area contributed by atoms with Crippen molar-refractivity contribution in [1.82, 2.24) is 14.5 Å². The molecular weight excluding hydrogens is 374 g/mol.